The van der Waals surface area contributed by atoms with Gasteiger partial charge in [0, 0.05) is 49.6 Å². The third-order valence-corrected chi connectivity index (χ3v) is 7.99. The molecule has 3 unspecified atom stereocenters. The number of benzene rings is 2. The molecule has 1 amide bonds. The molecular weight excluding hydrogens is 520 g/mol. The molecule has 0 bridgehead atoms. The maximum absolute atomic E-state index is 12.5. The number of aliphatic hydroxyl groups is 1. The number of aliphatic hydroxyl groups excluding tert-OH is 1. The SMILES string of the molecule is C=CCN(CC1CC(c2ccc(CO)cc2)OC(c2cccc(NC(=O)CCCCCC(=O)O)c2)O1)C1CCCC1. The van der Waals surface area contributed by atoms with Crippen LogP contribution in [0.25, 0.3) is 0 Å². The minimum Gasteiger partial charge on any atom is -0.481 e. The molecular formula is C33H44N2O6. The molecule has 3 N–H and O–H groups in total. The lowest BCUT2D eigenvalue weighted by Crippen LogP contribution is -2.43. The van der Waals surface area contributed by atoms with Crippen molar-refractivity contribution in [2.45, 2.75) is 95.4 Å². The Morgan fingerprint density at radius 1 is 1.00 bits per heavy atom. The van der Waals surface area contributed by atoms with Gasteiger partial charge in [0.05, 0.1) is 18.8 Å². The van der Waals surface area contributed by atoms with Crippen LogP contribution in [0.2, 0.25) is 0 Å². The summed E-state index contributed by atoms with van der Waals surface area (Å²) in [5.41, 5.74) is 3.42. The number of anilines is 1. The highest BCUT2D eigenvalue weighted by molar-refractivity contribution is 5.90. The Labute approximate surface area is 243 Å². The molecule has 0 spiro atoms. The van der Waals surface area contributed by atoms with E-state index in [1.165, 1.54) is 25.7 Å². The number of carboxylic acid groups (broad SMARTS) is 1. The molecule has 1 aliphatic heterocycles. The first kappa shape index (κ1) is 30.9. The number of carbonyl (C=O) groups excluding carboxylic acids is 1. The van der Waals surface area contributed by atoms with E-state index in [9.17, 15) is 14.7 Å². The molecule has 2 fully saturated rings. The van der Waals surface area contributed by atoms with Gasteiger partial charge in [-0.25, -0.2) is 0 Å². The normalized spacial score (nSPS) is 21.2. The van der Waals surface area contributed by atoms with Gasteiger partial charge in [-0.1, -0.05) is 61.7 Å². The molecule has 0 aromatic heterocycles. The minimum atomic E-state index is -0.808. The molecule has 4 rings (SSSR count). The fourth-order valence-corrected chi connectivity index (χ4v) is 5.83. The summed E-state index contributed by atoms with van der Waals surface area (Å²) in [6, 6.07) is 16.0. The number of unbranched alkanes of at least 4 members (excludes halogenated alkanes) is 2. The Morgan fingerprint density at radius 3 is 2.46 bits per heavy atom. The summed E-state index contributed by atoms with van der Waals surface area (Å²) in [4.78, 5) is 25.7. The summed E-state index contributed by atoms with van der Waals surface area (Å²) in [6.45, 7) is 5.60. The van der Waals surface area contributed by atoms with Crippen molar-refractivity contribution in [3.05, 3.63) is 77.9 Å². The third-order valence-electron chi connectivity index (χ3n) is 7.99. The topological polar surface area (TPSA) is 108 Å². The second-order valence-corrected chi connectivity index (χ2v) is 11.2. The molecule has 1 saturated carbocycles. The highest BCUT2D eigenvalue weighted by Crippen LogP contribution is 2.39. The second-order valence-electron chi connectivity index (χ2n) is 11.2. The van der Waals surface area contributed by atoms with Crippen LogP contribution in [0, 0.1) is 0 Å². The van der Waals surface area contributed by atoms with E-state index in [1.807, 2.05) is 54.6 Å². The summed E-state index contributed by atoms with van der Waals surface area (Å²) in [5, 5.41) is 21.2. The molecule has 0 radical (unpaired) electrons. The molecule has 8 nitrogen and oxygen atoms in total. The van der Waals surface area contributed by atoms with Gasteiger partial charge >= 0.3 is 5.97 Å². The van der Waals surface area contributed by atoms with Gasteiger partial charge in [0.1, 0.15) is 0 Å². The smallest absolute Gasteiger partial charge is 0.303 e. The van der Waals surface area contributed by atoms with E-state index in [2.05, 4.69) is 16.8 Å². The number of nitrogens with zero attached hydrogens (tertiary/aromatic N) is 1. The number of carbonyl (C=O) groups is 2. The molecule has 1 heterocycles. The van der Waals surface area contributed by atoms with Gasteiger partial charge in [-0.2, -0.15) is 0 Å². The first-order valence-electron chi connectivity index (χ1n) is 14.9. The fourth-order valence-electron chi connectivity index (χ4n) is 5.83. The van der Waals surface area contributed by atoms with Crippen LogP contribution in [0.15, 0.2) is 61.2 Å². The quantitative estimate of drug-likeness (QED) is 0.176. The molecule has 41 heavy (non-hydrogen) atoms. The first-order valence-corrected chi connectivity index (χ1v) is 14.9. The highest BCUT2D eigenvalue weighted by atomic mass is 16.7. The van der Waals surface area contributed by atoms with Crippen molar-refractivity contribution in [3.63, 3.8) is 0 Å². The van der Waals surface area contributed by atoms with Gasteiger partial charge < -0.3 is 25.0 Å². The van der Waals surface area contributed by atoms with Crippen molar-refractivity contribution in [3.8, 4) is 0 Å². The number of hydrogen-bond acceptors (Lipinski definition) is 6. The predicted molar refractivity (Wildman–Crippen MR) is 158 cm³/mol. The lowest BCUT2D eigenvalue weighted by molar-refractivity contribution is -0.253. The zero-order valence-electron chi connectivity index (χ0n) is 23.9. The van der Waals surface area contributed by atoms with Crippen LogP contribution in [0.3, 0.4) is 0 Å². The fraction of sp³-hybridized carbons (Fsp3) is 0.515. The zero-order valence-corrected chi connectivity index (χ0v) is 23.9. The standard InChI is InChI=1S/C33H44N2O6/c1-2-19-35(28-11-6-7-12-28)22-29-21-30(25-17-15-24(23-36)16-18-25)41-33(40-29)26-9-8-10-27(20-26)34-31(37)13-4-3-5-14-32(38)39/h2,8-10,15-18,20,28-30,33,36H,1,3-7,11-14,19,21-23H2,(H,34,37)(H,38,39). The Balaban J connectivity index is 1.46. The van der Waals surface area contributed by atoms with Gasteiger partial charge in [0.25, 0.3) is 0 Å². The van der Waals surface area contributed by atoms with E-state index >= 15 is 0 Å². The maximum Gasteiger partial charge on any atom is 0.303 e. The van der Waals surface area contributed by atoms with Crippen molar-refractivity contribution >= 4 is 17.6 Å². The van der Waals surface area contributed by atoms with Crippen molar-refractivity contribution in [2.24, 2.45) is 0 Å². The highest BCUT2D eigenvalue weighted by Gasteiger charge is 2.34. The summed E-state index contributed by atoms with van der Waals surface area (Å²) >= 11 is 0. The van der Waals surface area contributed by atoms with Crippen LogP contribution in [0.4, 0.5) is 5.69 Å². The van der Waals surface area contributed by atoms with E-state index in [-0.39, 0.29) is 31.1 Å². The molecule has 2 aromatic carbocycles. The van der Waals surface area contributed by atoms with Crippen molar-refractivity contribution in [1.29, 1.82) is 0 Å². The number of ether oxygens (including phenoxy) is 2. The summed E-state index contributed by atoms with van der Waals surface area (Å²) in [6.07, 6.45) is 9.18. The van der Waals surface area contributed by atoms with Crippen molar-refractivity contribution in [2.75, 3.05) is 18.4 Å². The number of hydrogen-bond donors (Lipinski definition) is 3. The zero-order chi connectivity index (χ0) is 29.0. The molecule has 2 aromatic rings. The van der Waals surface area contributed by atoms with Gasteiger partial charge in [-0.3, -0.25) is 14.5 Å². The summed E-state index contributed by atoms with van der Waals surface area (Å²) < 4.78 is 13.1. The third kappa shape index (κ3) is 9.50. The largest absolute Gasteiger partial charge is 0.481 e. The average molecular weight is 565 g/mol. The average Bonchev–Trinajstić information content (AvgIpc) is 3.52. The minimum absolute atomic E-state index is 0.00108. The molecule has 222 valence electrons. The maximum atomic E-state index is 12.5. The van der Waals surface area contributed by atoms with E-state index < -0.39 is 12.3 Å². The van der Waals surface area contributed by atoms with Crippen LogP contribution < -0.4 is 5.32 Å². The lowest BCUT2D eigenvalue weighted by Gasteiger charge is -2.39. The number of nitrogens with one attached hydrogen (secondary N) is 1. The Morgan fingerprint density at radius 2 is 1.76 bits per heavy atom. The predicted octanol–water partition coefficient (Wildman–Crippen LogP) is 6.13. The van der Waals surface area contributed by atoms with Crippen LogP contribution in [0.5, 0.6) is 0 Å². The van der Waals surface area contributed by atoms with Crippen LogP contribution >= 0.6 is 0 Å². The Hall–Kier alpha value is -3.04. The second kappa shape index (κ2) is 15.8. The number of amides is 1. The molecule has 2 aliphatic rings. The van der Waals surface area contributed by atoms with E-state index in [0.717, 1.165) is 29.8 Å². The van der Waals surface area contributed by atoms with Crippen LogP contribution in [0.1, 0.15) is 93.3 Å². The van der Waals surface area contributed by atoms with Gasteiger partial charge in [-0.05, 0) is 48.9 Å². The Kier molecular flexibility index (Phi) is 11.9. The summed E-state index contributed by atoms with van der Waals surface area (Å²) in [5.74, 6) is -0.906. The molecule has 1 saturated heterocycles. The van der Waals surface area contributed by atoms with E-state index in [1.54, 1.807) is 0 Å². The Bertz CT molecular complexity index is 1130. The monoisotopic (exact) mass is 564 g/mol. The molecule has 3 atom stereocenters. The van der Waals surface area contributed by atoms with Crippen molar-refractivity contribution < 1.29 is 29.3 Å². The van der Waals surface area contributed by atoms with E-state index in [0.29, 0.717) is 43.8 Å². The van der Waals surface area contributed by atoms with Crippen molar-refractivity contribution in [1.82, 2.24) is 4.90 Å². The number of carboxylic acids is 1. The molecule has 1 aliphatic carbocycles. The first-order chi connectivity index (χ1) is 19.9. The number of aliphatic carboxylic acids is 1. The van der Waals surface area contributed by atoms with Gasteiger partial charge in [0.2, 0.25) is 5.91 Å². The lowest BCUT2D eigenvalue weighted by atomic mass is 9.99. The van der Waals surface area contributed by atoms with Crippen LogP contribution in [-0.4, -0.2) is 52.2 Å². The number of rotatable bonds is 15. The van der Waals surface area contributed by atoms with E-state index in [4.69, 9.17) is 14.6 Å². The van der Waals surface area contributed by atoms with Gasteiger partial charge in [0.15, 0.2) is 6.29 Å². The van der Waals surface area contributed by atoms with Crippen LogP contribution in [-0.2, 0) is 25.7 Å². The molecule has 8 heteroatoms. The van der Waals surface area contributed by atoms with Gasteiger partial charge in [-0.15, -0.1) is 6.58 Å². The summed E-state index contributed by atoms with van der Waals surface area (Å²) in [7, 11) is 0.